The van der Waals surface area contributed by atoms with Crippen molar-refractivity contribution in [3.05, 3.63) is 75.9 Å². The summed E-state index contributed by atoms with van der Waals surface area (Å²) in [4.78, 5) is 21.8. The van der Waals surface area contributed by atoms with Crippen molar-refractivity contribution in [2.45, 2.75) is 38.5 Å². The summed E-state index contributed by atoms with van der Waals surface area (Å²) in [5, 5.41) is 0. The summed E-state index contributed by atoms with van der Waals surface area (Å²) in [5.74, 6) is 0.994. The van der Waals surface area contributed by atoms with Crippen molar-refractivity contribution in [1.82, 2.24) is 9.55 Å². The van der Waals surface area contributed by atoms with Crippen LogP contribution in [0.2, 0.25) is 0 Å². The molecule has 2 aromatic carbocycles. The average molecular weight is 432 g/mol. The number of hydrogen-bond donors (Lipinski definition) is 0. The van der Waals surface area contributed by atoms with Crippen LogP contribution in [0.3, 0.4) is 0 Å². The van der Waals surface area contributed by atoms with Crippen molar-refractivity contribution in [3.8, 4) is 28.1 Å². The lowest BCUT2D eigenvalue weighted by Gasteiger charge is -2.17. The van der Waals surface area contributed by atoms with Crippen molar-refractivity contribution in [3.63, 3.8) is 0 Å². The zero-order chi connectivity index (χ0) is 22.7. The van der Waals surface area contributed by atoms with E-state index in [-0.39, 0.29) is 11.3 Å². The average Bonchev–Trinajstić information content (AvgIpc) is 3.33. The van der Waals surface area contributed by atoms with Gasteiger partial charge in [-0.25, -0.2) is 14.2 Å². The molecule has 1 fully saturated rings. The standard InChI is InChI=1S/C26H26FN3O2/c1-28-20-12-9-18(10-13-20)25-24(19-11-14-22(32-3)21(27)16-19)26(31)30(2)23(29-25)15-8-17-6-4-5-7-17/h9-14,16-17H,4-8,15H2,2-3H3. The van der Waals surface area contributed by atoms with E-state index in [9.17, 15) is 9.18 Å². The molecule has 5 nitrogen and oxygen atoms in total. The van der Waals surface area contributed by atoms with E-state index in [0.717, 1.165) is 24.2 Å². The second-order valence-corrected chi connectivity index (χ2v) is 8.31. The van der Waals surface area contributed by atoms with Crippen LogP contribution in [0, 0.1) is 18.3 Å². The fourth-order valence-corrected chi connectivity index (χ4v) is 4.49. The first-order chi connectivity index (χ1) is 15.5. The molecule has 1 aliphatic rings. The van der Waals surface area contributed by atoms with Gasteiger partial charge in [-0.05, 0) is 35.6 Å². The maximum atomic E-state index is 14.5. The van der Waals surface area contributed by atoms with Gasteiger partial charge in [0.25, 0.3) is 5.56 Å². The fraction of sp³-hybridized carbons (Fsp3) is 0.346. The van der Waals surface area contributed by atoms with Crippen LogP contribution >= 0.6 is 0 Å². The summed E-state index contributed by atoms with van der Waals surface area (Å²) in [5.41, 5.74) is 2.32. The Morgan fingerprint density at radius 1 is 1.16 bits per heavy atom. The van der Waals surface area contributed by atoms with Crippen molar-refractivity contribution in [2.24, 2.45) is 13.0 Å². The van der Waals surface area contributed by atoms with E-state index in [0.29, 0.717) is 28.4 Å². The van der Waals surface area contributed by atoms with Crippen LogP contribution in [0.1, 0.15) is 37.9 Å². The number of benzene rings is 2. The molecule has 0 N–H and O–H groups in total. The lowest BCUT2D eigenvalue weighted by molar-refractivity contribution is 0.386. The number of halogens is 1. The van der Waals surface area contributed by atoms with Crippen molar-refractivity contribution in [1.29, 1.82) is 0 Å². The topological polar surface area (TPSA) is 48.5 Å². The second kappa shape index (κ2) is 9.35. The zero-order valence-electron chi connectivity index (χ0n) is 18.4. The van der Waals surface area contributed by atoms with Gasteiger partial charge >= 0.3 is 0 Å². The van der Waals surface area contributed by atoms with Crippen LogP contribution in [0.4, 0.5) is 10.1 Å². The van der Waals surface area contributed by atoms with Crippen LogP contribution in [-0.2, 0) is 13.5 Å². The summed E-state index contributed by atoms with van der Waals surface area (Å²) in [6, 6.07) is 11.5. The third-order valence-electron chi connectivity index (χ3n) is 6.34. The molecule has 1 saturated carbocycles. The Labute approximate surface area is 187 Å². The predicted octanol–water partition coefficient (Wildman–Crippen LogP) is 5.94. The van der Waals surface area contributed by atoms with Gasteiger partial charge in [0.05, 0.1) is 24.9 Å². The van der Waals surface area contributed by atoms with Gasteiger partial charge in [0.15, 0.2) is 17.3 Å². The van der Waals surface area contributed by atoms with E-state index in [1.54, 1.807) is 41.9 Å². The molecule has 0 atom stereocenters. The largest absolute Gasteiger partial charge is 0.494 e. The number of hydrogen-bond acceptors (Lipinski definition) is 3. The molecule has 32 heavy (non-hydrogen) atoms. The third-order valence-corrected chi connectivity index (χ3v) is 6.34. The molecule has 0 saturated heterocycles. The molecule has 0 spiro atoms. The number of ether oxygens (including phenoxy) is 1. The van der Waals surface area contributed by atoms with E-state index in [1.807, 2.05) is 0 Å². The molecular formula is C26H26FN3O2. The molecule has 164 valence electrons. The Kier molecular flexibility index (Phi) is 6.36. The molecule has 1 aromatic heterocycles. The number of rotatable bonds is 6. The van der Waals surface area contributed by atoms with Gasteiger partial charge in [-0.2, -0.15) is 0 Å². The summed E-state index contributed by atoms with van der Waals surface area (Å²) in [6.07, 6.45) is 6.76. The van der Waals surface area contributed by atoms with E-state index < -0.39 is 5.82 Å². The van der Waals surface area contributed by atoms with Gasteiger partial charge in [0.2, 0.25) is 0 Å². The highest BCUT2D eigenvalue weighted by Gasteiger charge is 2.21. The Morgan fingerprint density at radius 3 is 2.47 bits per heavy atom. The highest BCUT2D eigenvalue weighted by molar-refractivity contribution is 5.81. The molecule has 1 aliphatic carbocycles. The zero-order valence-corrected chi connectivity index (χ0v) is 18.4. The SMILES string of the molecule is [C-]#[N+]c1ccc(-c2nc(CCC3CCCC3)n(C)c(=O)c2-c2ccc(OC)c(F)c2)cc1. The molecule has 0 radical (unpaired) electrons. The van der Waals surface area contributed by atoms with Crippen LogP contribution in [0.25, 0.3) is 27.2 Å². The van der Waals surface area contributed by atoms with Crippen LogP contribution in [-0.4, -0.2) is 16.7 Å². The predicted molar refractivity (Wildman–Crippen MR) is 123 cm³/mol. The number of aromatic nitrogens is 2. The Bertz CT molecular complexity index is 1220. The quantitative estimate of drug-likeness (QED) is 0.454. The number of methoxy groups -OCH3 is 1. The minimum atomic E-state index is -0.535. The van der Waals surface area contributed by atoms with Gasteiger partial charge < -0.3 is 4.74 Å². The first-order valence-electron chi connectivity index (χ1n) is 10.9. The summed E-state index contributed by atoms with van der Waals surface area (Å²) >= 11 is 0. The molecule has 0 unspecified atom stereocenters. The minimum absolute atomic E-state index is 0.120. The molecular weight excluding hydrogens is 405 g/mol. The smallest absolute Gasteiger partial charge is 0.261 e. The lowest BCUT2D eigenvalue weighted by Crippen LogP contribution is -2.25. The second-order valence-electron chi connectivity index (χ2n) is 8.31. The van der Waals surface area contributed by atoms with Crippen molar-refractivity contribution < 1.29 is 9.13 Å². The van der Waals surface area contributed by atoms with E-state index >= 15 is 0 Å². The normalized spacial score (nSPS) is 13.8. The summed E-state index contributed by atoms with van der Waals surface area (Å²) in [6.45, 7) is 7.19. The Hall–Kier alpha value is -3.46. The minimum Gasteiger partial charge on any atom is -0.494 e. The van der Waals surface area contributed by atoms with Gasteiger partial charge in [0.1, 0.15) is 5.82 Å². The number of nitrogens with zero attached hydrogens (tertiary/aromatic N) is 3. The van der Waals surface area contributed by atoms with E-state index in [4.69, 9.17) is 16.3 Å². The number of aryl methyl sites for hydroxylation is 1. The lowest BCUT2D eigenvalue weighted by atomic mass is 9.98. The van der Waals surface area contributed by atoms with Crippen molar-refractivity contribution in [2.75, 3.05) is 7.11 Å². The molecule has 6 heteroatoms. The van der Waals surface area contributed by atoms with E-state index in [2.05, 4.69) is 4.85 Å². The van der Waals surface area contributed by atoms with Gasteiger partial charge in [-0.1, -0.05) is 56.0 Å². The van der Waals surface area contributed by atoms with Gasteiger partial charge in [-0.3, -0.25) is 9.36 Å². The maximum absolute atomic E-state index is 14.5. The first kappa shape index (κ1) is 21.8. The van der Waals surface area contributed by atoms with Crippen molar-refractivity contribution >= 4 is 5.69 Å². The molecule has 0 aliphatic heterocycles. The Balaban J connectivity index is 1.85. The highest BCUT2D eigenvalue weighted by atomic mass is 19.1. The first-order valence-corrected chi connectivity index (χ1v) is 10.9. The van der Waals surface area contributed by atoms with Gasteiger partial charge in [0, 0.05) is 13.5 Å². The molecule has 0 bridgehead atoms. The van der Waals surface area contributed by atoms with Crippen LogP contribution in [0.5, 0.6) is 5.75 Å². The monoisotopic (exact) mass is 431 g/mol. The molecule has 4 rings (SSSR count). The summed E-state index contributed by atoms with van der Waals surface area (Å²) < 4.78 is 21.1. The molecule has 3 aromatic rings. The fourth-order valence-electron chi connectivity index (χ4n) is 4.49. The van der Waals surface area contributed by atoms with E-state index in [1.165, 1.54) is 44.9 Å². The third kappa shape index (κ3) is 4.29. The van der Waals surface area contributed by atoms with Crippen LogP contribution < -0.4 is 10.3 Å². The Morgan fingerprint density at radius 2 is 1.84 bits per heavy atom. The van der Waals surface area contributed by atoms with Gasteiger partial charge in [-0.15, -0.1) is 0 Å². The highest BCUT2D eigenvalue weighted by Crippen LogP contribution is 2.33. The van der Waals surface area contributed by atoms with Crippen LogP contribution in [0.15, 0.2) is 47.3 Å². The maximum Gasteiger partial charge on any atom is 0.261 e. The molecule has 0 amide bonds. The molecule has 1 heterocycles. The summed E-state index contributed by atoms with van der Waals surface area (Å²) in [7, 11) is 3.14.